The lowest BCUT2D eigenvalue weighted by Crippen LogP contribution is -2.22. The van der Waals surface area contributed by atoms with Crippen LogP contribution >= 0.6 is 23.2 Å². The normalized spacial score (nSPS) is 11.6. The van der Waals surface area contributed by atoms with Crippen molar-refractivity contribution in [3.05, 3.63) is 82.0 Å². The predicted octanol–water partition coefficient (Wildman–Crippen LogP) is 4.71. The van der Waals surface area contributed by atoms with Crippen LogP contribution in [0.15, 0.2) is 60.8 Å². The van der Waals surface area contributed by atoms with Gasteiger partial charge in [0.15, 0.2) is 0 Å². The van der Waals surface area contributed by atoms with Gasteiger partial charge in [0.05, 0.1) is 24.1 Å². The highest BCUT2D eigenvalue weighted by molar-refractivity contribution is 6.35. The van der Waals surface area contributed by atoms with E-state index in [1.807, 2.05) is 30.3 Å². The predicted molar refractivity (Wildman–Crippen MR) is 111 cm³/mol. The molecule has 6 nitrogen and oxygen atoms in total. The lowest BCUT2D eigenvalue weighted by atomic mass is 10.1. The third-order valence-corrected chi connectivity index (χ3v) is 4.70. The number of carbonyl (C=O) groups is 2. The molecule has 148 valence electrons. The van der Waals surface area contributed by atoms with Crippen molar-refractivity contribution in [1.82, 2.24) is 4.98 Å². The van der Waals surface area contributed by atoms with E-state index in [-0.39, 0.29) is 21.8 Å². The monoisotopic (exact) mass is 430 g/mol. The molecule has 1 heterocycles. The van der Waals surface area contributed by atoms with Crippen molar-refractivity contribution in [1.29, 1.82) is 0 Å². The SMILES string of the molecule is COC(=O)C(OC(=O)c1ccnc(-c2ccccc2)c1N)c1ccc(Cl)cc1Cl. The maximum Gasteiger partial charge on any atom is 0.352 e. The summed E-state index contributed by atoms with van der Waals surface area (Å²) in [5.41, 5.74) is 7.78. The third kappa shape index (κ3) is 4.50. The summed E-state index contributed by atoms with van der Waals surface area (Å²) in [5.74, 6) is -1.61. The van der Waals surface area contributed by atoms with E-state index < -0.39 is 18.0 Å². The van der Waals surface area contributed by atoms with Gasteiger partial charge < -0.3 is 15.2 Å². The summed E-state index contributed by atoms with van der Waals surface area (Å²) < 4.78 is 10.2. The summed E-state index contributed by atoms with van der Waals surface area (Å²) in [6, 6.07) is 15.0. The third-order valence-electron chi connectivity index (χ3n) is 4.14. The van der Waals surface area contributed by atoms with Gasteiger partial charge in [-0.25, -0.2) is 9.59 Å². The molecule has 0 radical (unpaired) electrons. The molecule has 0 aliphatic carbocycles. The minimum atomic E-state index is -1.38. The Kier molecular flexibility index (Phi) is 6.36. The molecule has 3 aromatic rings. The number of esters is 2. The van der Waals surface area contributed by atoms with Crippen LogP contribution in [-0.4, -0.2) is 24.0 Å². The van der Waals surface area contributed by atoms with E-state index >= 15 is 0 Å². The molecule has 1 aromatic heterocycles. The first kappa shape index (κ1) is 20.6. The molecule has 0 aliphatic heterocycles. The highest BCUT2D eigenvalue weighted by Gasteiger charge is 2.29. The molecular formula is C21H16Cl2N2O4. The number of nitrogens with two attached hydrogens (primary N) is 1. The van der Waals surface area contributed by atoms with E-state index in [0.717, 1.165) is 5.56 Å². The molecule has 29 heavy (non-hydrogen) atoms. The molecule has 0 saturated heterocycles. The number of nitrogen functional groups attached to an aromatic ring is 1. The Morgan fingerprint density at radius 2 is 1.79 bits per heavy atom. The molecule has 0 fully saturated rings. The van der Waals surface area contributed by atoms with Crippen molar-refractivity contribution in [3.63, 3.8) is 0 Å². The van der Waals surface area contributed by atoms with Gasteiger partial charge in [0.25, 0.3) is 0 Å². The number of anilines is 1. The fourth-order valence-electron chi connectivity index (χ4n) is 2.71. The molecular weight excluding hydrogens is 415 g/mol. The molecule has 0 saturated carbocycles. The van der Waals surface area contributed by atoms with Crippen molar-refractivity contribution in [2.24, 2.45) is 0 Å². The van der Waals surface area contributed by atoms with Gasteiger partial charge in [0.2, 0.25) is 6.10 Å². The van der Waals surface area contributed by atoms with Gasteiger partial charge in [-0.2, -0.15) is 0 Å². The zero-order chi connectivity index (χ0) is 21.0. The summed E-state index contributed by atoms with van der Waals surface area (Å²) in [6.45, 7) is 0. The zero-order valence-electron chi connectivity index (χ0n) is 15.3. The molecule has 1 unspecified atom stereocenters. The van der Waals surface area contributed by atoms with E-state index in [1.54, 1.807) is 0 Å². The molecule has 0 bridgehead atoms. The summed E-state index contributed by atoms with van der Waals surface area (Å²) in [5, 5.41) is 0.535. The van der Waals surface area contributed by atoms with Crippen LogP contribution in [0.3, 0.4) is 0 Å². The molecule has 0 amide bonds. The largest absolute Gasteiger partial charge is 0.466 e. The molecule has 8 heteroatoms. The Morgan fingerprint density at radius 3 is 2.45 bits per heavy atom. The van der Waals surface area contributed by atoms with Crippen LogP contribution in [0.5, 0.6) is 0 Å². The second kappa shape index (κ2) is 8.94. The van der Waals surface area contributed by atoms with Crippen molar-refractivity contribution >= 4 is 40.8 Å². The molecule has 1 atom stereocenters. The number of pyridine rings is 1. The van der Waals surface area contributed by atoms with E-state index in [1.165, 1.54) is 37.6 Å². The van der Waals surface area contributed by atoms with Crippen molar-refractivity contribution in [3.8, 4) is 11.3 Å². The Balaban J connectivity index is 1.96. The van der Waals surface area contributed by atoms with Crippen LogP contribution in [0.4, 0.5) is 5.69 Å². The molecule has 0 aliphatic rings. The second-order valence-corrected chi connectivity index (χ2v) is 6.80. The number of hydrogen-bond acceptors (Lipinski definition) is 6. The van der Waals surface area contributed by atoms with Gasteiger partial charge in [-0.3, -0.25) is 4.98 Å². The minimum Gasteiger partial charge on any atom is -0.466 e. The summed E-state index contributed by atoms with van der Waals surface area (Å²) in [7, 11) is 1.18. The Bertz CT molecular complexity index is 1060. The van der Waals surface area contributed by atoms with Crippen molar-refractivity contribution in [2.45, 2.75) is 6.10 Å². The fourth-order valence-corrected chi connectivity index (χ4v) is 3.22. The lowest BCUT2D eigenvalue weighted by Gasteiger charge is -2.18. The number of halogens is 2. The van der Waals surface area contributed by atoms with Gasteiger partial charge in [-0.05, 0) is 18.2 Å². The molecule has 2 aromatic carbocycles. The maximum atomic E-state index is 12.8. The second-order valence-electron chi connectivity index (χ2n) is 5.96. The van der Waals surface area contributed by atoms with Gasteiger partial charge >= 0.3 is 11.9 Å². The van der Waals surface area contributed by atoms with E-state index in [0.29, 0.717) is 10.7 Å². The summed E-state index contributed by atoms with van der Waals surface area (Å²) in [6.07, 6.45) is 0.0579. The molecule has 2 N–H and O–H groups in total. The van der Waals surface area contributed by atoms with Crippen molar-refractivity contribution in [2.75, 3.05) is 12.8 Å². The minimum absolute atomic E-state index is 0.0674. The van der Waals surface area contributed by atoms with Crippen LogP contribution in [0.1, 0.15) is 22.0 Å². The maximum absolute atomic E-state index is 12.8. The lowest BCUT2D eigenvalue weighted by molar-refractivity contribution is -0.151. The fraction of sp³-hybridized carbons (Fsp3) is 0.0952. The van der Waals surface area contributed by atoms with E-state index in [4.69, 9.17) is 38.4 Å². The first-order valence-electron chi connectivity index (χ1n) is 8.46. The Labute approximate surface area is 177 Å². The van der Waals surface area contributed by atoms with E-state index in [9.17, 15) is 9.59 Å². The average molecular weight is 431 g/mol. The molecule has 0 spiro atoms. The number of carbonyl (C=O) groups excluding carboxylic acids is 2. The summed E-state index contributed by atoms with van der Waals surface area (Å²) in [4.78, 5) is 29.3. The summed E-state index contributed by atoms with van der Waals surface area (Å²) >= 11 is 12.1. The van der Waals surface area contributed by atoms with Gasteiger partial charge in [0, 0.05) is 27.4 Å². The topological polar surface area (TPSA) is 91.5 Å². The number of hydrogen-bond donors (Lipinski definition) is 1. The number of nitrogens with zero attached hydrogens (tertiary/aromatic N) is 1. The number of methoxy groups -OCH3 is 1. The zero-order valence-corrected chi connectivity index (χ0v) is 16.8. The first-order chi connectivity index (χ1) is 13.9. The van der Waals surface area contributed by atoms with E-state index in [2.05, 4.69) is 4.98 Å². The Morgan fingerprint density at radius 1 is 1.07 bits per heavy atom. The van der Waals surface area contributed by atoms with Gasteiger partial charge in [0.1, 0.15) is 0 Å². The number of aromatic nitrogens is 1. The van der Waals surface area contributed by atoms with Crippen LogP contribution < -0.4 is 5.73 Å². The smallest absolute Gasteiger partial charge is 0.352 e. The van der Waals surface area contributed by atoms with Crippen LogP contribution in [-0.2, 0) is 14.3 Å². The number of benzene rings is 2. The highest BCUT2D eigenvalue weighted by atomic mass is 35.5. The highest BCUT2D eigenvalue weighted by Crippen LogP contribution is 2.32. The Hall–Kier alpha value is -3.09. The number of rotatable bonds is 5. The quantitative estimate of drug-likeness (QED) is 0.589. The number of ether oxygens (including phenoxy) is 2. The average Bonchev–Trinajstić information content (AvgIpc) is 2.72. The van der Waals surface area contributed by atoms with Gasteiger partial charge in [-0.1, -0.05) is 59.6 Å². The first-order valence-corrected chi connectivity index (χ1v) is 9.21. The van der Waals surface area contributed by atoms with Crippen LogP contribution in [0.25, 0.3) is 11.3 Å². The molecule has 3 rings (SSSR count). The van der Waals surface area contributed by atoms with Crippen LogP contribution in [0, 0.1) is 0 Å². The van der Waals surface area contributed by atoms with Gasteiger partial charge in [-0.15, -0.1) is 0 Å². The standard InChI is InChI=1S/C21H16Cl2N2O4/c1-28-21(27)19(14-8-7-13(22)11-16(14)23)29-20(26)15-9-10-25-18(17(15)24)12-5-3-2-4-6-12/h2-11,19H,24H2,1H3. The van der Waals surface area contributed by atoms with Crippen molar-refractivity contribution < 1.29 is 19.1 Å². The van der Waals surface area contributed by atoms with Crippen LogP contribution in [0.2, 0.25) is 10.0 Å².